The van der Waals surface area contributed by atoms with Gasteiger partial charge in [-0.3, -0.25) is 4.79 Å². The molecule has 17 heavy (non-hydrogen) atoms. The van der Waals surface area contributed by atoms with E-state index in [0.717, 1.165) is 16.9 Å². The van der Waals surface area contributed by atoms with Gasteiger partial charge in [-0.25, -0.2) is 0 Å². The maximum Gasteiger partial charge on any atom is 0.307 e. The van der Waals surface area contributed by atoms with Crippen LogP contribution in [-0.4, -0.2) is 19.7 Å². The van der Waals surface area contributed by atoms with Crippen LogP contribution in [0.2, 0.25) is 0 Å². The number of methoxy groups -OCH3 is 1. The van der Waals surface area contributed by atoms with Crippen molar-refractivity contribution in [3.05, 3.63) is 29.3 Å². The number of esters is 1. The van der Waals surface area contributed by atoms with Crippen molar-refractivity contribution in [3.63, 3.8) is 0 Å². The minimum absolute atomic E-state index is 0.194. The van der Waals surface area contributed by atoms with Gasteiger partial charge in [0.2, 0.25) is 0 Å². The topological polar surface area (TPSA) is 61.5 Å². The van der Waals surface area contributed by atoms with Crippen molar-refractivity contribution in [1.29, 1.82) is 0 Å². The van der Waals surface area contributed by atoms with Crippen LogP contribution in [0.3, 0.4) is 0 Å². The second-order valence-electron chi connectivity index (χ2n) is 3.84. The van der Waals surface area contributed by atoms with Crippen LogP contribution in [0.1, 0.15) is 30.5 Å². The molecular weight excluding hydrogens is 218 g/mol. The Hall–Kier alpha value is -1.55. The van der Waals surface area contributed by atoms with E-state index in [1.807, 2.05) is 25.1 Å². The predicted molar refractivity (Wildman–Crippen MR) is 65.9 cm³/mol. The third kappa shape index (κ3) is 3.75. The Kier molecular flexibility index (Phi) is 4.97. The van der Waals surface area contributed by atoms with Gasteiger partial charge < -0.3 is 15.2 Å². The molecule has 0 saturated carbocycles. The average molecular weight is 237 g/mol. The fourth-order valence-corrected chi connectivity index (χ4v) is 1.65. The summed E-state index contributed by atoms with van der Waals surface area (Å²) in [6.07, 6.45) is 0.194. The molecule has 0 spiro atoms. The number of carbonyl (C=O) groups is 1. The Bertz CT molecular complexity index is 390. The van der Waals surface area contributed by atoms with Crippen molar-refractivity contribution in [2.24, 2.45) is 5.73 Å². The first-order valence-corrected chi connectivity index (χ1v) is 5.64. The van der Waals surface area contributed by atoms with Gasteiger partial charge in [0.1, 0.15) is 5.75 Å². The van der Waals surface area contributed by atoms with E-state index in [-0.39, 0.29) is 18.4 Å². The molecule has 94 valence electrons. The molecule has 0 saturated heterocycles. The van der Waals surface area contributed by atoms with Gasteiger partial charge in [0.15, 0.2) is 0 Å². The van der Waals surface area contributed by atoms with Crippen LogP contribution in [0.4, 0.5) is 0 Å². The van der Waals surface area contributed by atoms with Crippen molar-refractivity contribution in [2.75, 3.05) is 13.7 Å². The zero-order chi connectivity index (χ0) is 12.8. The molecule has 0 aromatic heterocycles. The lowest BCUT2D eigenvalue weighted by atomic mass is 10.0. The fourth-order valence-electron chi connectivity index (χ4n) is 1.65. The quantitative estimate of drug-likeness (QED) is 0.795. The van der Waals surface area contributed by atoms with E-state index in [1.54, 1.807) is 14.0 Å². The molecule has 1 rings (SSSR count). The molecule has 0 aliphatic carbocycles. The Morgan fingerprint density at radius 2 is 2.18 bits per heavy atom. The molecular formula is C13H19NO3. The first kappa shape index (κ1) is 13.5. The summed E-state index contributed by atoms with van der Waals surface area (Å²) >= 11 is 0. The lowest BCUT2D eigenvalue weighted by Crippen LogP contribution is -2.17. The highest BCUT2D eigenvalue weighted by Gasteiger charge is 2.13. The van der Waals surface area contributed by atoms with Gasteiger partial charge >= 0.3 is 5.97 Å². The SMILES string of the molecule is CCOC(=O)C[C@@H](N)c1ccc(OC)c(C)c1. The van der Waals surface area contributed by atoms with Crippen LogP contribution in [0.5, 0.6) is 5.75 Å². The first-order valence-electron chi connectivity index (χ1n) is 5.64. The highest BCUT2D eigenvalue weighted by atomic mass is 16.5. The number of aryl methyl sites for hydroxylation is 1. The number of hydrogen-bond acceptors (Lipinski definition) is 4. The van der Waals surface area contributed by atoms with Crippen molar-refractivity contribution < 1.29 is 14.3 Å². The highest BCUT2D eigenvalue weighted by molar-refractivity contribution is 5.70. The van der Waals surface area contributed by atoms with Crippen molar-refractivity contribution >= 4 is 5.97 Å². The fraction of sp³-hybridized carbons (Fsp3) is 0.462. The number of rotatable bonds is 5. The molecule has 4 nitrogen and oxygen atoms in total. The van der Waals surface area contributed by atoms with E-state index in [4.69, 9.17) is 15.2 Å². The van der Waals surface area contributed by atoms with Crippen LogP contribution in [-0.2, 0) is 9.53 Å². The van der Waals surface area contributed by atoms with Gasteiger partial charge in [-0.1, -0.05) is 12.1 Å². The maximum absolute atomic E-state index is 11.3. The van der Waals surface area contributed by atoms with Crippen molar-refractivity contribution in [3.8, 4) is 5.75 Å². The zero-order valence-corrected chi connectivity index (χ0v) is 10.5. The van der Waals surface area contributed by atoms with E-state index in [9.17, 15) is 4.79 Å². The summed E-state index contributed by atoms with van der Waals surface area (Å²) in [6.45, 7) is 4.10. The highest BCUT2D eigenvalue weighted by Crippen LogP contribution is 2.23. The number of carbonyl (C=O) groups excluding carboxylic acids is 1. The molecule has 0 radical (unpaired) electrons. The Labute approximate surface area is 102 Å². The summed E-state index contributed by atoms with van der Waals surface area (Å²) in [5.74, 6) is 0.547. The van der Waals surface area contributed by atoms with E-state index in [2.05, 4.69) is 0 Å². The van der Waals surface area contributed by atoms with Gasteiger partial charge in [0.05, 0.1) is 20.1 Å². The summed E-state index contributed by atoms with van der Waals surface area (Å²) in [5, 5.41) is 0. The van der Waals surface area contributed by atoms with Crippen LogP contribution in [0, 0.1) is 6.92 Å². The van der Waals surface area contributed by atoms with Crippen LogP contribution >= 0.6 is 0 Å². The van der Waals surface area contributed by atoms with Gasteiger partial charge in [-0.15, -0.1) is 0 Å². The third-order valence-corrected chi connectivity index (χ3v) is 2.54. The predicted octanol–water partition coefficient (Wildman–Crippen LogP) is 1.96. The van der Waals surface area contributed by atoms with Crippen LogP contribution in [0.25, 0.3) is 0 Å². The minimum atomic E-state index is -0.335. The third-order valence-electron chi connectivity index (χ3n) is 2.54. The monoisotopic (exact) mass is 237 g/mol. The van der Waals surface area contributed by atoms with Crippen LogP contribution < -0.4 is 10.5 Å². The maximum atomic E-state index is 11.3. The van der Waals surface area contributed by atoms with Gasteiger partial charge in [-0.05, 0) is 31.0 Å². The lowest BCUT2D eigenvalue weighted by Gasteiger charge is -2.13. The molecule has 0 bridgehead atoms. The number of benzene rings is 1. The zero-order valence-electron chi connectivity index (χ0n) is 10.5. The summed E-state index contributed by atoms with van der Waals surface area (Å²) in [7, 11) is 1.63. The number of ether oxygens (including phenoxy) is 2. The van der Waals surface area contributed by atoms with E-state index >= 15 is 0 Å². The normalized spacial score (nSPS) is 12.0. The van der Waals surface area contributed by atoms with Gasteiger partial charge in [0.25, 0.3) is 0 Å². The molecule has 4 heteroatoms. The second-order valence-corrected chi connectivity index (χ2v) is 3.84. The molecule has 0 fully saturated rings. The summed E-state index contributed by atoms with van der Waals surface area (Å²) in [6, 6.07) is 5.33. The number of hydrogen-bond donors (Lipinski definition) is 1. The molecule has 0 unspecified atom stereocenters. The standard InChI is InChI=1S/C13H19NO3/c1-4-17-13(15)8-11(14)10-5-6-12(16-3)9(2)7-10/h5-7,11H,4,8,14H2,1-3H3/t11-/m1/s1. The molecule has 1 aromatic rings. The van der Waals surface area contributed by atoms with E-state index in [1.165, 1.54) is 0 Å². The van der Waals surface area contributed by atoms with Crippen molar-refractivity contribution in [2.45, 2.75) is 26.3 Å². The molecule has 1 atom stereocenters. The Morgan fingerprint density at radius 3 is 2.71 bits per heavy atom. The lowest BCUT2D eigenvalue weighted by molar-refractivity contribution is -0.143. The van der Waals surface area contributed by atoms with E-state index in [0.29, 0.717) is 6.61 Å². The molecule has 0 heterocycles. The number of nitrogens with two attached hydrogens (primary N) is 1. The summed E-state index contributed by atoms with van der Waals surface area (Å²) in [4.78, 5) is 11.3. The summed E-state index contributed by atoms with van der Waals surface area (Å²) in [5.41, 5.74) is 7.86. The largest absolute Gasteiger partial charge is 0.496 e. The van der Waals surface area contributed by atoms with Gasteiger partial charge in [-0.2, -0.15) is 0 Å². The van der Waals surface area contributed by atoms with Gasteiger partial charge in [0, 0.05) is 6.04 Å². The Balaban J connectivity index is 2.72. The molecule has 2 N–H and O–H groups in total. The minimum Gasteiger partial charge on any atom is -0.496 e. The molecule has 1 aromatic carbocycles. The average Bonchev–Trinajstić information content (AvgIpc) is 2.29. The molecule has 0 aliphatic heterocycles. The summed E-state index contributed by atoms with van der Waals surface area (Å²) < 4.78 is 10.0. The molecule has 0 aliphatic rings. The Morgan fingerprint density at radius 1 is 1.47 bits per heavy atom. The second kappa shape index (κ2) is 6.25. The van der Waals surface area contributed by atoms with Crippen LogP contribution in [0.15, 0.2) is 18.2 Å². The first-order chi connectivity index (χ1) is 8.08. The van der Waals surface area contributed by atoms with Crippen molar-refractivity contribution in [1.82, 2.24) is 0 Å². The van der Waals surface area contributed by atoms with E-state index < -0.39 is 0 Å². The molecule has 0 amide bonds. The smallest absolute Gasteiger partial charge is 0.307 e.